The van der Waals surface area contributed by atoms with E-state index in [1.165, 1.54) is 19.3 Å². The molecule has 1 fully saturated rings. The second kappa shape index (κ2) is 5.19. The van der Waals surface area contributed by atoms with E-state index in [2.05, 4.69) is 17.1 Å². The maximum absolute atomic E-state index is 6.11. The van der Waals surface area contributed by atoms with Crippen LogP contribution in [0.2, 0.25) is 0 Å². The Morgan fingerprint density at radius 1 is 1.30 bits per heavy atom. The van der Waals surface area contributed by atoms with Crippen LogP contribution in [0.25, 0.3) is 11.1 Å². The molecule has 20 heavy (non-hydrogen) atoms. The highest BCUT2D eigenvalue weighted by Crippen LogP contribution is 2.45. The van der Waals surface area contributed by atoms with Crippen LogP contribution in [0.3, 0.4) is 0 Å². The number of aromatic nitrogens is 2. The Bertz CT molecular complexity index is 606. The highest BCUT2D eigenvalue weighted by molar-refractivity contribution is 5.81. The zero-order chi connectivity index (χ0) is 14.1. The van der Waals surface area contributed by atoms with Gasteiger partial charge in [-0.05, 0) is 18.4 Å². The molecule has 3 rings (SSSR count). The van der Waals surface area contributed by atoms with E-state index < -0.39 is 0 Å². The second-order valence-corrected chi connectivity index (χ2v) is 5.61. The van der Waals surface area contributed by atoms with E-state index in [4.69, 9.17) is 10.5 Å². The summed E-state index contributed by atoms with van der Waals surface area (Å²) in [6, 6.07) is 7.98. The van der Waals surface area contributed by atoms with Gasteiger partial charge in [-0.25, -0.2) is 0 Å². The summed E-state index contributed by atoms with van der Waals surface area (Å²) >= 11 is 0. The van der Waals surface area contributed by atoms with Gasteiger partial charge in [0.1, 0.15) is 5.75 Å². The number of nitrogens with one attached hydrogen (secondary N) is 1. The third-order valence-corrected chi connectivity index (χ3v) is 4.43. The summed E-state index contributed by atoms with van der Waals surface area (Å²) in [6.45, 7) is 2.31. The number of nitrogen functional groups attached to an aromatic ring is 1. The van der Waals surface area contributed by atoms with Crippen LogP contribution in [0.4, 0.5) is 5.82 Å². The van der Waals surface area contributed by atoms with Crippen molar-refractivity contribution in [2.75, 3.05) is 12.8 Å². The molecule has 4 nitrogen and oxygen atoms in total. The van der Waals surface area contributed by atoms with Gasteiger partial charge in [0.05, 0.1) is 12.7 Å². The standard InChI is InChI=1S/C16H21N3O/c1-10-6-5-8-11(10)15-14(16(17)19-18-15)12-7-3-4-9-13(12)20-2/h3-4,7,9-11H,5-6,8H2,1-2H3,(H3,17,18,19). The molecule has 106 valence electrons. The maximum Gasteiger partial charge on any atom is 0.153 e. The minimum atomic E-state index is 0.514. The molecule has 2 atom stereocenters. The SMILES string of the molecule is COc1ccccc1-c1c(N)n[nH]c1C1CCCC1C. The molecule has 0 aliphatic heterocycles. The number of H-pyrrole nitrogens is 1. The smallest absolute Gasteiger partial charge is 0.153 e. The predicted octanol–water partition coefficient (Wildman–Crippen LogP) is 3.57. The number of anilines is 1. The first-order valence-corrected chi connectivity index (χ1v) is 7.19. The van der Waals surface area contributed by atoms with Crippen molar-refractivity contribution in [2.24, 2.45) is 5.92 Å². The largest absolute Gasteiger partial charge is 0.496 e. The number of para-hydroxylation sites is 1. The van der Waals surface area contributed by atoms with Gasteiger partial charge in [-0.1, -0.05) is 38.0 Å². The number of nitrogens with zero attached hydrogens (tertiary/aromatic N) is 1. The molecule has 2 unspecified atom stereocenters. The van der Waals surface area contributed by atoms with Crippen LogP contribution < -0.4 is 10.5 Å². The molecule has 1 aliphatic rings. The molecule has 2 aromatic rings. The van der Waals surface area contributed by atoms with Gasteiger partial charge < -0.3 is 10.5 Å². The molecular weight excluding hydrogens is 250 g/mol. The number of benzene rings is 1. The van der Waals surface area contributed by atoms with Gasteiger partial charge in [0.15, 0.2) is 5.82 Å². The monoisotopic (exact) mass is 271 g/mol. The molecule has 0 saturated heterocycles. The van der Waals surface area contributed by atoms with Crippen molar-refractivity contribution in [3.63, 3.8) is 0 Å². The number of ether oxygens (including phenoxy) is 1. The fraction of sp³-hybridized carbons (Fsp3) is 0.438. The van der Waals surface area contributed by atoms with Gasteiger partial charge in [-0.3, -0.25) is 5.10 Å². The van der Waals surface area contributed by atoms with Gasteiger partial charge in [0.2, 0.25) is 0 Å². The molecule has 1 heterocycles. The summed E-state index contributed by atoms with van der Waals surface area (Å²) in [5.41, 5.74) is 9.31. The normalized spacial score (nSPS) is 22.1. The number of methoxy groups -OCH3 is 1. The lowest BCUT2D eigenvalue weighted by molar-refractivity contribution is 0.416. The zero-order valence-corrected chi connectivity index (χ0v) is 12.0. The van der Waals surface area contributed by atoms with Crippen LogP contribution in [0.5, 0.6) is 5.75 Å². The van der Waals surface area contributed by atoms with Crippen LogP contribution in [-0.2, 0) is 0 Å². The van der Waals surface area contributed by atoms with E-state index in [1.54, 1.807) is 7.11 Å². The van der Waals surface area contributed by atoms with E-state index >= 15 is 0 Å². The Balaban J connectivity index is 2.11. The van der Waals surface area contributed by atoms with Crippen molar-refractivity contribution in [1.29, 1.82) is 0 Å². The molecular formula is C16H21N3O. The van der Waals surface area contributed by atoms with Gasteiger partial charge >= 0.3 is 0 Å². The Morgan fingerprint density at radius 2 is 2.10 bits per heavy atom. The molecule has 0 radical (unpaired) electrons. The van der Waals surface area contributed by atoms with Crippen molar-refractivity contribution < 1.29 is 4.74 Å². The van der Waals surface area contributed by atoms with Crippen LogP contribution >= 0.6 is 0 Å². The Kier molecular flexibility index (Phi) is 3.38. The lowest BCUT2D eigenvalue weighted by Gasteiger charge is -2.17. The van der Waals surface area contributed by atoms with Crippen molar-refractivity contribution in [2.45, 2.75) is 32.1 Å². The predicted molar refractivity (Wildman–Crippen MR) is 80.7 cm³/mol. The van der Waals surface area contributed by atoms with Gasteiger partial charge in [-0.15, -0.1) is 0 Å². The minimum absolute atomic E-state index is 0.514. The first-order valence-electron chi connectivity index (χ1n) is 7.19. The summed E-state index contributed by atoms with van der Waals surface area (Å²) in [7, 11) is 1.69. The van der Waals surface area contributed by atoms with Crippen molar-refractivity contribution in [1.82, 2.24) is 10.2 Å². The highest BCUT2D eigenvalue weighted by atomic mass is 16.5. The van der Waals surface area contributed by atoms with Crippen LogP contribution in [0, 0.1) is 5.92 Å². The Hall–Kier alpha value is -1.97. The average molecular weight is 271 g/mol. The molecule has 1 aromatic heterocycles. The molecule has 1 aliphatic carbocycles. The van der Waals surface area contributed by atoms with E-state index in [9.17, 15) is 0 Å². The molecule has 4 heteroatoms. The fourth-order valence-corrected chi connectivity index (χ4v) is 3.35. The van der Waals surface area contributed by atoms with E-state index in [-0.39, 0.29) is 0 Å². The van der Waals surface area contributed by atoms with Crippen LogP contribution in [0.15, 0.2) is 24.3 Å². The molecule has 0 spiro atoms. The zero-order valence-electron chi connectivity index (χ0n) is 12.0. The van der Waals surface area contributed by atoms with E-state index in [0.29, 0.717) is 17.7 Å². The lowest BCUT2D eigenvalue weighted by atomic mass is 9.89. The molecule has 1 aromatic carbocycles. The van der Waals surface area contributed by atoms with Crippen LogP contribution in [-0.4, -0.2) is 17.3 Å². The number of aromatic amines is 1. The van der Waals surface area contributed by atoms with Crippen molar-refractivity contribution in [3.8, 4) is 16.9 Å². The topological polar surface area (TPSA) is 63.9 Å². The summed E-state index contributed by atoms with van der Waals surface area (Å²) < 4.78 is 5.47. The molecule has 0 amide bonds. The first kappa shape index (κ1) is 13.0. The van der Waals surface area contributed by atoms with Crippen molar-refractivity contribution in [3.05, 3.63) is 30.0 Å². The third-order valence-electron chi connectivity index (χ3n) is 4.43. The Labute approximate surface area is 119 Å². The first-order chi connectivity index (χ1) is 9.72. The van der Waals surface area contributed by atoms with Crippen LogP contribution in [0.1, 0.15) is 37.8 Å². The highest BCUT2D eigenvalue weighted by Gasteiger charge is 2.30. The summed E-state index contributed by atoms with van der Waals surface area (Å²) in [6.07, 6.45) is 3.75. The number of nitrogens with two attached hydrogens (primary N) is 1. The number of hydrogen-bond donors (Lipinski definition) is 2. The Morgan fingerprint density at radius 3 is 2.80 bits per heavy atom. The quantitative estimate of drug-likeness (QED) is 0.897. The van der Waals surface area contributed by atoms with E-state index in [0.717, 1.165) is 22.6 Å². The third kappa shape index (κ3) is 2.05. The lowest BCUT2D eigenvalue weighted by Crippen LogP contribution is -2.04. The van der Waals surface area contributed by atoms with Gasteiger partial charge in [-0.2, -0.15) is 5.10 Å². The molecule has 1 saturated carbocycles. The second-order valence-electron chi connectivity index (χ2n) is 5.61. The van der Waals surface area contributed by atoms with Gasteiger partial charge in [0.25, 0.3) is 0 Å². The fourth-order valence-electron chi connectivity index (χ4n) is 3.35. The van der Waals surface area contributed by atoms with Crippen molar-refractivity contribution >= 4 is 5.82 Å². The molecule has 3 N–H and O–H groups in total. The van der Waals surface area contributed by atoms with E-state index in [1.807, 2.05) is 24.3 Å². The summed E-state index contributed by atoms with van der Waals surface area (Å²) in [4.78, 5) is 0. The summed E-state index contributed by atoms with van der Waals surface area (Å²) in [5, 5.41) is 7.41. The average Bonchev–Trinajstić information content (AvgIpc) is 3.04. The maximum atomic E-state index is 6.11. The summed E-state index contributed by atoms with van der Waals surface area (Å²) in [5.74, 6) is 2.58. The minimum Gasteiger partial charge on any atom is -0.496 e. The van der Waals surface area contributed by atoms with Gasteiger partial charge in [0, 0.05) is 17.2 Å². The molecule has 0 bridgehead atoms. The number of rotatable bonds is 3. The number of hydrogen-bond acceptors (Lipinski definition) is 3.